The molecule has 0 radical (unpaired) electrons. The predicted molar refractivity (Wildman–Crippen MR) is 41.0 cm³/mol. The molecule has 1 saturated carbocycles. The molecule has 0 aromatic rings. The molecule has 11 heavy (non-hydrogen) atoms. The van der Waals surface area contributed by atoms with E-state index in [9.17, 15) is 8.76 Å². The van der Waals surface area contributed by atoms with Crippen molar-refractivity contribution in [3.63, 3.8) is 0 Å². The maximum atomic E-state index is 10.6. The highest BCUT2D eigenvalue weighted by molar-refractivity contribution is 7.76. The van der Waals surface area contributed by atoms with Crippen LogP contribution in [0, 0.1) is 0 Å². The van der Waals surface area contributed by atoms with E-state index >= 15 is 0 Å². The van der Waals surface area contributed by atoms with Crippen LogP contribution < -0.4 is 5.73 Å². The number of hydrogen-bond donors (Lipinski definition) is 1. The van der Waals surface area contributed by atoms with Gasteiger partial charge in [-0.15, -0.1) is 0 Å². The first-order valence-electron chi connectivity index (χ1n) is 3.91. The van der Waals surface area contributed by atoms with Crippen molar-refractivity contribution in [1.29, 1.82) is 0 Å². The third kappa shape index (κ3) is 2.23. The number of nitrogens with zero attached hydrogens (tertiary/aromatic N) is 1. The Morgan fingerprint density at radius 1 is 1.64 bits per heavy atom. The highest BCUT2D eigenvalue weighted by Crippen LogP contribution is 2.24. The first kappa shape index (κ1) is 9.12. The molecule has 0 heterocycles. The van der Waals surface area contributed by atoms with Gasteiger partial charge in [-0.25, -0.2) is 4.31 Å². The second-order valence-electron chi connectivity index (χ2n) is 2.80. The lowest BCUT2D eigenvalue weighted by Gasteiger charge is -2.37. The Morgan fingerprint density at radius 2 is 2.27 bits per heavy atom. The van der Waals surface area contributed by atoms with Crippen molar-refractivity contribution in [3.05, 3.63) is 0 Å². The molecule has 3 N–H and O–H groups in total. The number of rotatable bonds is 4. The van der Waals surface area contributed by atoms with Gasteiger partial charge in [0, 0.05) is 17.3 Å². The highest BCUT2D eigenvalue weighted by Gasteiger charge is 2.25. The van der Waals surface area contributed by atoms with Crippen LogP contribution in [0.2, 0.25) is 0 Å². The normalized spacial score (nSPS) is 21.7. The van der Waals surface area contributed by atoms with Crippen LogP contribution in [-0.2, 0) is 11.3 Å². The Bertz CT molecular complexity index is 150. The fraction of sp³-hybridized carbons (Fsp3) is 1.00. The number of hydrogen-bond acceptors (Lipinski definition) is 2. The van der Waals surface area contributed by atoms with Crippen molar-refractivity contribution in [1.82, 2.24) is 4.31 Å². The Labute approximate surface area is 69.2 Å². The molecule has 0 saturated heterocycles. The summed E-state index contributed by atoms with van der Waals surface area (Å²) in [5.74, 6) is 0. The molecular weight excluding hydrogens is 164 g/mol. The van der Waals surface area contributed by atoms with E-state index in [0.717, 1.165) is 19.3 Å². The Morgan fingerprint density at radius 3 is 2.55 bits per heavy atom. The fourth-order valence-electron chi connectivity index (χ4n) is 1.21. The van der Waals surface area contributed by atoms with Gasteiger partial charge in [0.15, 0.2) is 0 Å². The monoisotopic (exact) mass is 178 g/mol. The molecule has 66 valence electrons. The molecule has 1 fully saturated rings. The van der Waals surface area contributed by atoms with Crippen LogP contribution in [0.25, 0.3) is 0 Å². The molecule has 0 aliphatic heterocycles. The van der Waals surface area contributed by atoms with Crippen LogP contribution in [0.4, 0.5) is 0 Å². The summed E-state index contributed by atoms with van der Waals surface area (Å²) in [4.78, 5) is 0. The lowest BCUT2D eigenvalue weighted by atomic mass is 9.93. The van der Waals surface area contributed by atoms with Crippen molar-refractivity contribution in [2.24, 2.45) is 0 Å². The van der Waals surface area contributed by atoms with Gasteiger partial charge >= 0.3 is 0 Å². The van der Waals surface area contributed by atoms with Crippen LogP contribution >= 0.6 is 0 Å². The van der Waals surface area contributed by atoms with Crippen LogP contribution in [0.5, 0.6) is 0 Å². The van der Waals surface area contributed by atoms with Crippen molar-refractivity contribution < 1.29 is 14.5 Å². The molecule has 1 aliphatic carbocycles. The van der Waals surface area contributed by atoms with Gasteiger partial charge in [0.25, 0.3) is 0 Å². The van der Waals surface area contributed by atoms with Gasteiger partial charge in [-0.1, -0.05) is 6.42 Å². The van der Waals surface area contributed by atoms with E-state index in [-0.39, 0.29) is 6.04 Å². The molecule has 0 spiro atoms. The zero-order valence-corrected chi connectivity index (χ0v) is 7.31. The predicted octanol–water partition coefficient (Wildman–Crippen LogP) is -1.12. The second-order valence-corrected chi connectivity index (χ2v) is 3.70. The molecule has 4 nitrogen and oxygen atoms in total. The van der Waals surface area contributed by atoms with Gasteiger partial charge in [-0.2, -0.15) is 0 Å². The average molecular weight is 178 g/mol. The maximum absolute atomic E-state index is 10.6. The summed E-state index contributed by atoms with van der Waals surface area (Å²) in [6.45, 7) is 1.23. The molecule has 1 rings (SSSR count). The molecule has 0 amide bonds. The minimum atomic E-state index is -2.04. The van der Waals surface area contributed by atoms with Crippen LogP contribution in [-0.4, -0.2) is 32.2 Å². The SMILES string of the molecule is [NH3+]CCN(C1CCC1)S(=O)[O-]. The van der Waals surface area contributed by atoms with Crippen LogP contribution in [0.1, 0.15) is 19.3 Å². The summed E-state index contributed by atoms with van der Waals surface area (Å²) >= 11 is -2.04. The lowest BCUT2D eigenvalue weighted by Crippen LogP contribution is -2.57. The molecule has 0 bridgehead atoms. The van der Waals surface area contributed by atoms with E-state index in [1.54, 1.807) is 0 Å². The van der Waals surface area contributed by atoms with Crippen molar-refractivity contribution >= 4 is 11.3 Å². The summed E-state index contributed by atoms with van der Waals surface area (Å²) in [7, 11) is 0. The Hall–Kier alpha value is 0.0300. The molecule has 0 aromatic heterocycles. The van der Waals surface area contributed by atoms with Crippen molar-refractivity contribution in [2.75, 3.05) is 13.1 Å². The third-order valence-corrected chi connectivity index (χ3v) is 2.92. The van der Waals surface area contributed by atoms with Gasteiger partial charge in [0.05, 0.1) is 13.1 Å². The zero-order chi connectivity index (χ0) is 8.27. The largest absolute Gasteiger partial charge is 0.760 e. The Balaban J connectivity index is 2.37. The number of quaternary nitrogens is 1. The summed E-state index contributed by atoms with van der Waals surface area (Å²) in [6, 6.07) is 0.273. The van der Waals surface area contributed by atoms with Gasteiger partial charge in [0.1, 0.15) is 0 Å². The van der Waals surface area contributed by atoms with E-state index in [1.165, 1.54) is 4.31 Å². The fourth-order valence-corrected chi connectivity index (χ4v) is 1.94. The van der Waals surface area contributed by atoms with Gasteiger partial charge in [-0.3, -0.25) is 4.21 Å². The smallest absolute Gasteiger partial charge is 0.0879 e. The van der Waals surface area contributed by atoms with Gasteiger partial charge < -0.3 is 10.3 Å². The summed E-state index contributed by atoms with van der Waals surface area (Å²) in [5, 5.41) is 0. The van der Waals surface area contributed by atoms with E-state index in [4.69, 9.17) is 0 Å². The van der Waals surface area contributed by atoms with E-state index in [0.29, 0.717) is 13.1 Å². The van der Waals surface area contributed by atoms with Crippen molar-refractivity contribution in [2.45, 2.75) is 25.3 Å². The molecule has 5 heteroatoms. The summed E-state index contributed by atoms with van der Waals surface area (Å²) < 4.78 is 22.8. The topological polar surface area (TPSA) is 71.0 Å². The van der Waals surface area contributed by atoms with Gasteiger partial charge in [0.2, 0.25) is 0 Å². The second kappa shape index (κ2) is 4.15. The minimum absolute atomic E-state index is 0.273. The standard InChI is InChI=1S/C6H14N2O2S/c7-4-5-8(11(9)10)6-2-1-3-6/h6H,1-5,7H2,(H,9,10). The molecule has 1 aliphatic rings. The lowest BCUT2D eigenvalue weighted by molar-refractivity contribution is -0.368. The third-order valence-electron chi connectivity index (χ3n) is 2.05. The molecular formula is C6H14N2O2S. The molecule has 0 aromatic carbocycles. The maximum Gasteiger partial charge on any atom is 0.0879 e. The first-order chi connectivity index (χ1) is 5.25. The summed E-state index contributed by atoms with van der Waals surface area (Å²) in [6.07, 6.45) is 3.21. The zero-order valence-electron chi connectivity index (χ0n) is 6.49. The van der Waals surface area contributed by atoms with E-state index < -0.39 is 11.3 Å². The average Bonchev–Trinajstić information content (AvgIpc) is 1.82. The minimum Gasteiger partial charge on any atom is -0.760 e. The highest BCUT2D eigenvalue weighted by atomic mass is 32.2. The molecule has 1 unspecified atom stereocenters. The van der Waals surface area contributed by atoms with Gasteiger partial charge in [-0.05, 0) is 12.8 Å². The summed E-state index contributed by atoms with van der Waals surface area (Å²) in [5.41, 5.74) is 3.63. The molecule has 1 atom stereocenters. The quantitative estimate of drug-likeness (QED) is 0.554. The van der Waals surface area contributed by atoms with Crippen LogP contribution in [0.15, 0.2) is 0 Å². The van der Waals surface area contributed by atoms with Crippen molar-refractivity contribution in [3.8, 4) is 0 Å². The van der Waals surface area contributed by atoms with E-state index in [1.807, 2.05) is 0 Å². The first-order valence-corrected chi connectivity index (χ1v) is 4.94. The van der Waals surface area contributed by atoms with Crippen LogP contribution in [0.3, 0.4) is 0 Å². The van der Waals surface area contributed by atoms with E-state index in [2.05, 4.69) is 5.73 Å². The Kier molecular flexibility index (Phi) is 3.45.